The third-order valence-corrected chi connectivity index (χ3v) is 1.60. The Hall–Kier alpha value is -1.22. The summed E-state index contributed by atoms with van der Waals surface area (Å²) in [6.45, 7) is 1.63. The van der Waals surface area contributed by atoms with Crippen LogP contribution in [0.5, 0.6) is 11.5 Å². The maximum Gasteiger partial charge on any atom is 0.157 e. The van der Waals surface area contributed by atoms with E-state index in [9.17, 15) is 0 Å². The van der Waals surface area contributed by atoms with Gasteiger partial charge in [-0.25, -0.2) is 0 Å². The van der Waals surface area contributed by atoms with Gasteiger partial charge >= 0.3 is 0 Å². The van der Waals surface area contributed by atoms with Crippen molar-refractivity contribution in [1.29, 1.82) is 0 Å². The van der Waals surface area contributed by atoms with E-state index < -0.39 is 0 Å². The monoisotopic (exact) mass is 154 g/mol. The van der Waals surface area contributed by atoms with Crippen LogP contribution in [0.1, 0.15) is 11.1 Å². The van der Waals surface area contributed by atoms with Gasteiger partial charge in [0, 0.05) is 0 Å². The van der Waals surface area contributed by atoms with Crippen LogP contribution in [0, 0.1) is 6.92 Å². The van der Waals surface area contributed by atoms with Crippen LogP contribution in [0.3, 0.4) is 0 Å². The summed E-state index contributed by atoms with van der Waals surface area (Å²) in [5.74, 6) is -0.348. The van der Waals surface area contributed by atoms with Gasteiger partial charge in [-0.05, 0) is 30.2 Å². The molecule has 0 saturated heterocycles. The average Bonchev–Trinajstić information content (AvgIpc) is 1.97. The van der Waals surface area contributed by atoms with Crippen LogP contribution in [0.25, 0.3) is 0 Å². The van der Waals surface area contributed by atoms with Gasteiger partial charge in [0.1, 0.15) is 0 Å². The molecule has 11 heavy (non-hydrogen) atoms. The lowest BCUT2D eigenvalue weighted by molar-refractivity contribution is 0.280. The summed E-state index contributed by atoms with van der Waals surface area (Å²) in [5, 5.41) is 26.7. The number of aliphatic hydroxyl groups is 1. The molecule has 1 aromatic carbocycles. The Labute approximate surface area is 64.5 Å². The van der Waals surface area contributed by atoms with Gasteiger partial charge in [0.05, 0.1) is 6.61 Å². The molecule has 0 aliphatic rings. The van der Waals surface area contributed by atoms with Gasteiger partial charge in [0.2, 0.25) is 0 Å². The first-order valence-electron chi connectivity index (χ1n) is 3.27. The molecule has 1 aromatic rings. The molecule has 60 valence electrons. The molecule has 3 nitrogen and oxygen atoms in total. The van der Waals surface area contributed by atoms with E-state index in [2.05, 4.69) is 0 Å². The topological polar surface area (TPSA) is 60.7 Å². The average molecular weight is 154 g/mol. The van der Waals surface area contributed by atoms with Crippen LogP contribution in [0.15, 0.2) is 12.1 Å². The highest BCUT2D eigenvalue weighted by Gasteiger charge is 2.03. The molecule has 0 unspecified atom stereocenters. The summed E-state index contributed by atoms with van der Waals surface area (Å²) in [7, 11) is 0. The Kier molecular flexibility index (Phi) is 2.01. The molecule has 3 heteroatoms. The first kappa shape index (κ1) is 7.88. The van der Waals surface area contributed by atoms with E-state index in [1.54, 1.807) is 6.92 Å². The highest BCUT2D eigenvalue weighted by atomic mass is 16.3. The smallest absolute Gasteiger partial charge is 0.157 e. The molecule has 0 aliphatic carbocycles. The first-order chi connectivity index (χ1) is 5.15. The molecule has 0 radical (unpaired) electrons. The summed E-state index contributed by atoms with van der Waals surface area (Å²) < 4.78 is 0. The summed E-state index contributed by atoms with van der Waals surface area (Å²) in [4.78, 5) is 0. The largest absolute Gasteiger partial charge is 0.504 e. The summed E-state index contributed by atoms with van der Waals surface area (Å²) in [6, 6.07) is 2.77. The number of aliphatic hydroxyl groups excluding tert-OH is 1. The predicted molar refractivity (Wildman–Crippen MR) is 40.4 cm³/mol. The molecule has 0 heterocycles. The number of benzene rings is 1. The van der Waals surface area contributed by atoms with Crippen molar-refractivity contribution < 1.29 is 15.3 Å². The molecular weight excluding hydrogens is 144 g/mol. The molecule has 0 fully saturated rings. The summed E-state index contributed by atoms with van der Waals surface area (Å²) >= 11 is 0. The third-order valence-electron chi connectivity index (χ3n) is 1.60. The summed E-state index contributed by atoms with van der Waals surface area (Å²) in [5.41, 5.74) is 1.39. The number of aromatic hydroxyl groups is 2. The van der Waals surface area contributed by atoms with Crippen molar-refractivity contribution in [2.75, 3.05) is 0 Å². The van der Waals surface area contributed by atoms with Crippen molar-refractivity contribution in [2.24, 2.45) is 0 Å². The molecule has 1 rings (SSSR count). The van der Waals surface area contributed by atoms with Crippen LogP contribution in [0.4, 0.5) is 0 Å². The Balaban J connectivity index is 3.21. The van der Waals surface area contributed by atoms with Crippen molar-refractivity contribution >= 4 is 0 Å². The van der Waals surface area contributed by atoms with Gasteiger partial charge in [0.15, 0.2) is 11.5 Å². The van der Waals surface area contributed by atoms with Crippen LogP contribution < -0.4 is 0 Å². The minimum atomic E-state index is -0.195. The van der Waals surface area contributed by atoms with E-state index in [1.165, 1.54) is 12.1 Å². The molecule has 3 N–H and O–H groups in total. The number of aryl methyl sites for hydroxylation is 1. The molecule has 0 saturated carbocycles. The highest BCUT2D eigenvalue weighted by Crippen LogP contribution is 2.27. The van der Waals surface area contributed by atoms with Gasteiger partial charge in [0.25, 0.3) is 0 Å². The quantitative estimate of drug-likeness (QED) is 0.526. The van der Waals surface area contributed by atoms with Crippen LogP contribution in [0.2, 0.25) is 0 Å². The van der Waals surface area contributed by atoms with Gasteiger partial charge in [-0.2, -0.15) is 0 Å². The van der Waals surface area contributed by atoms with Crippen molar-refractivity contribution in [3.05, 3.63) is 23.3 Å². The number of phenolic OH excluding ortho intramolecular Hbond substituents is 2. The minimum Gasteiger partial charge on any atom is -0.504 e. The van der Waals surface area contributed by atoms with E-state index >= 15 is 0 Å². The van der Waals surface area contributed by atoms with E-state index in [1.807, 2.05) is 0 Å². The second-order valence-electron chi connectivity index (χ2n) is 2.43. The normalized spacial score (nSPS) is 10.0. The number of phenols is 2. The zero-order valence-electron chi connectivity index (χ0n) is 6.20. The highest BCUT2D eigenvalue weighted by molar-refractivity contribution is 5.44. The Morgan fingerprint density at radius 1 is 1.18 bits per heavy atom. The Morgan fingerprint density at radius 3 is 2.27 bits per heavy atom. The van der Waals surface area contributed by atoms with E-state index in [-0.39, 0.29) is 18.1 Å². The van der Waals surface area contributed by atoms with Crippen molar-refractivity contribution in [2.45, 2.75) is 13.5 Å². The van der Waals surface area contributed by atoms with Crippen molar-refractivity contribution in [3.63, 3.8) is 0 Å². The third kappa shape index (κ3) is 1.43. The van der Waals surface area contributed by atoms with Gasteiger partial charge in [-0.15, -0.1) is 0 Å². The second-order valence-corrected chi connectivity index (χ2v) is 2.43. The number of rotatable bonds is 1. The lowest BCUT2D eigenvalue weighted by Crippen LogP contribution is -1.87. The van der Waals surface area contributed by atoms with Crippen molar-refractivity contribution in [1.82, 2.24) is 0 Å². The molecule has 0 aliphatic heterocycles. The van der Waals surface area contributed by atoms with Crippen LogP contribution in [-0.4, -0.2) is 15.3 Å². The fourth-order valence-corrected chi connectivity index (χ4v) is 0.895. The minimum absolute atomic E-state index is 0.125. The maximum absolute atomic E-state index is 8.99. The van der Waals surface area contributed by atoms with E-state index in [0.29, 0.717) is 5.56 Å². The fraction of sp³-hybridized carbons (Fsp3) is 0.250. The SMILES string of the molecule is Cc1cc(O)c(O)cc1CO. The molecule has 0 amide bonds. The fourth-order valence-electron chi connectivity index (χ4n) is 0.895. The van der Waals surface area contributed by atoms with Crippen LogP contribution >= 0.6 is 0 Å². The van der Waals surface area contributed by atoms with E-state index in [4.69, 9.17) is 15.3 Å². The standard InChI is InChI=1S/C8H10O3/c1-5-2-7(10)8(11)3-6(5)4-9/h2-3,9-11H,4H2,1H3. The number of hydrogen-bond donors (Lipinski definition) is 3. The van der Waals surface area contributed by atoms with Crippen molar-refractivity contribution in [3.8, 4) is 11.5 Å². The van der Waals surface area contributed by atoms with Gasteiger partial charge in [-0.3, -0.25) is 0 Å². The maximum atomic E-state index is 8.99. The van der Waals surface area contributed by atoms with E-state index in [0.717, 1.165) is 5.56 Å². The molecule has 0 atom stereocenters. The van der Waals surface area contributed by atoms with Crippen LogP contribution in [-0.2, 0) is 6.61 Å². The zero-order valence-corrected chi connectivity index (χ0v) is 6.20. The van der Waals surface area contributed by atoms with Gasteiger partial charge < -0.3 is 15.3 Å². The predicted octanol–water partition coefficient (Wildman–Crippen LogP) is 0.899. The Bertz CT molecular complexity index is 268. The molecule has 0 spiro atoms. The lowest BCUT2D eigenvalue weighted by Gasteiger charge is -2.03. The first-order valence-corrected chi connectivity index (χ1v) is 3.27. The molecular formula is C8H10O3. The molecule has 0 bridgehead atoms. The second kappa shape index (κ2) is 2.80. The molecule has 0 aromatic heterocycles. The summed E-state index contributed by atoms with van der Waals surface area (Å²) in [6.07, 6.45) is 0. The Morgan fingerprint density at radius 2 is 1.73 bits per heavy atom. The lowest BCUT2D eigenvalue weighted by atomic mass is 10.1. The van der Waals surface area contributed by atoms with Gasteiger partial charge in [-0.1, -0.05) is 0 Å². The number of hydrogen-bond acceptors (Lipinski definition) is 3. The zero-order chi connectivity index (χ0) is 8.43.